The molecule has 0 aliphatic heterocycles. The molecular formula is C19H14O. The maximum absolute atomic E-state index is 5.82. The summed E-state index contributed by atoms with van der Waals surface area (Å²) in [4.78, 5) is 0. The van der Waals surface area contributed by atoms with Gasteiger partial charge in [-0.25, -0.2) is 0 Å². The highest BCUT2D eigenvalue weighted by atomic mass is 16.5. The summed E-state index contributed by atoms with van der Waals surface area (Å²) in [5.74, 6) is 3.52. The molecule has 20 heavy (non-hydrogen) atoms. The zero-order valence-corrected chi connectivity index (χ0v) is 11.0. The van der Waals surface area contributed by atoms with Gasteiger partial charge in [0, 0.05) is 5.56 Å². The van der Waals surface area contributed by atoms with Crippen molar-refractivity contribution >= 4 is 10.8 Å². The molecule has 96 valence electrons. The van der Waals surface area contributed by atoms with Gasteiger partial charge < -0.3 is 4.74 Å². The Kier molecular flexibility index (Phi) is 3.39. The van der Waals surface area contributed by atoms with Crippen LogP contribution >= 0.6 is 0 Å². The molecule has 3 aromatic rings. The molecule has 0 aliphatic carbocycles. The van der Waals surface area contributed by atoms with Crippen molar-refractivity contribution in [3.05, 3.63) is 77.9 Å². The monoisotopic (exact) mass is 258 g/mol. The van der Waals surface area contributed by atoms with E-state index in [1.54, 1.807) is 0 Å². The van der Waals surface area contributed by atoms with E-state index in [-0.39, 0.29) is 0 Å². The van der Waals surface area contributed by atoms with Crippen LogP contribution < -0.4 is 4.74 Å². The van der Waals surface area contributed by atoms with E-state index in [0.717, 1.165) is 27.6 Å². The number of hydrogen-bond acceptors (Lipinski definition) is 1. The lowest BCUT2D eigenvalue weighted by Gasteiger charge is -2.07. The first-order valence-corrected chi connectivity index (χ1v) is 6.52. The number of rotatable bonds is 3. The van der Waals surface area contributed by atoms with Crippen LogP contribution in [0, 0.1) is 12.3 Å². The minimum atomic E-state index is 0.578. The van der Waals surface area contributed by atoms with Crippen molar-refractivity contribution in [2.75, 3.05) is 0 Å². The summed E-state index contributed by atoms with van der Waals surface area (Å²) in [6.45, 7) is 0.578. The highest BCUT2D eigenvalue weighted by Crippen LogP contribution is 2.22. The Bertz CT molecular complexity index is 767. The SMILES string of the molecule is C#Cc1ccc2cc(OCc3ccccc3)ccc2c1. The quantitative estimate of drug-likeness (QED) is 0.633. The first-order valence-electron chi connectivity index (χ1n) is 6.52. The predicted molar refractivity (Wildman–Crippen MR) is 82.7 cm³/mol. The Morgan fingerprint density at radius 1 is 0.850 bits per heavy atom. The first-order chi connectivity index (χ1) is 9.85. The lowest BCUT2D eigenvalue weighted by molar-refractivity contribution is 0.306. The molecule has 0 N–H and O–H groups in total. The molecule has 3 rings (SSSR count). The summed E-state index contributed by atoms with van der Waals surface area (Å²) in [6.07, 6.45) is 5.41. The molecule has 1 heteroatoms. The number of terminal acetylenes is 1. The van der Waals surface area contributed by atoms with Crippen LogP contribution in [0.25, 0.3) is 10.8 Å². The van der Waals surface area contributed by atoms with Gasteiger partial charge in [-0.15, -0.1) is 6.42 Å². The average molecular weight is 258 g/mol. The lowest BCUT2D eigenvalue weighted by Crippen LogP contribution is -1.94. The van der Waals surface area contributed by atoms with E-state index in [4.69, 9.17) is 11.2 Å². The molecule has 0 heterocycles. The van der Waals surface area contributed by atoms with Crippen LogP contribution in [-0.4, -0.2) is 0 Å². The summed E-state index contributed by atoms with van der Waals surface area (Å²) >= 11 is 0. The number of fused-ring (bicyclic) bond motifs is 1. The molecule has 0 bridgehead atoms. The van der Waals surface area contributed by atoms with Crippen molar-refractivity contribution in [1.82, 2.24) is 0 Å². The van der Waals surface area contributed by atoms with Crippen molar-refractivity contribution in [2.24, 2.45) is 0 Å². The maximum Gasteiger partial charge on any atom is 0.120 e. The third-order valence-corrected chi connectivity index (χ3v) is 3.23. The highest BCUT2D eigenvalue weighted by molar-refractivity contribution is 5.85. The van der Waals surface area contributed by atoms with Crippen molar-refractivity contribution < 1.29 is 4.74 Å². The zero-order valence-electron chi connectivity index (χ0n) is 11.0. The van der Waals surface area contributed by atoms with Crippen molar-refractivity contribution in [1.29, 1.82) is 0 Å². The Labute approximate surface area is 118 Å². The molecular weight excluding hydrogens is 244 g/mol. The second-order valence-electron chi connectivity index (χ2n) is 4.64. The second kappa shape index (κ2) is 5.50. The third kappa shape index (κ3) is 2.65. The van der Waals surface area contributed by atoms with Crippen LogP contribution in [0.15, 0.2) is 66.7 Å². The molecule has 0 atom stereocenters. The van der Waals surface area contributed by atoms with Gasteiger partial charge in [-0.2, -0.15) is 0 Å². The number of ether oxygens (including phenoxy) is 1. The molecule has 0 aliphatic rings. The molecule has 0 fully saturated rings. The van der Waals surface area contributed by atoms with Gasteiger partial charge in [0.15, 0.2) is 0 Å². The lowest BCUT2D eigenvalue weighted by atomic mass is 10.1. The molecule has 0 spiro atoms. The third-order valence-electron chi connectivity index (χ3n) is 3.23. The summed E-state index contributed by atoms with van der Waals surface area (Å²) in [7, 11) is 0. The first kappa shape index (κ1) is 12.3. The second-order valence-corrected chi connectivity index (χ2v) is 4.64. The largest absolute Gasteiger partial charge is 0.489 e. The van der Waals surface area contributed by atoms with E-state index >= 15 is 0 Å². The fourth-order valence-electron chi connectivity index (χ4n) is 2.14. The van der Waals surface area contributed by atoms with E-state index in [1.165, 1.54) is 0 Å². The molecule has 0 unspecified atom stereocenters. The number of hydrogen-bond donors (Lipinski definition) is 0. The minimum Gasteiger partial charge on any atom is -0.489 e. The highest BCUT2D eigenvalue weighted by Gasteiger charge is 1.99. The van der Waals surface area contributed by atoms with E-state index in [2.05, 4.69) is 18.1 Å². The normalized spacial score (nSPS) is 10.2. The average Bonchev–Trinajstić information content (AvgIpc) is 2.53. The van der Waals surface area contributed by atoms with Crippen molar-refractivity contribution in [3.8, 4) is 18.1 Å². The van der Waals surface area contributed by atoms with Gasteiger partial charge in [0.2, 0.25) is 0 Å². The summed E-state index contributed by atoms with van der Waals surface area (Å²) < 4.78 is 5.82. The Morgan fingerprint density at radius 3 is 2.40 bits per heavy atom. The summed E-state index contributed by atoms with van der Waals surface area (Å²) in [5.41, 5.74) is 2.06. The fraction of sp³-hybridized carbons (Fsp3) is 0.0526. The van der Waals surface area contributed by atoms with Gasteiger partial charge in [0.25, 0.3) is 0 Å². The van der Waals surface area contributed by atoms with E-state index in [1.807, 2.05) is 54.6 Å². The number of benzene rings is 3. The Hall–Kier alpha value is -2.72. The van der Waals surface area contributed by atoms with Gasteiger partial charge in [0.05, 0.1) is 0 Å². The minimum absolute atomic E-state index is 0.578. The van der Waals surface area contributed by atoms with Gasteiger partial charge >= 0.3 is 0 Å². The summed E-state index contributed by atoms with van der Waals surface area (Å²) in [5, 5.41) is 2.27. The van der Waals surface area contributed by atoms with Crippen molar-refractivity contribution in [3.63, 3.8) is 0 Å². The molecule has 0 saturated heterocycles. The van der Waals surface area contributed by atoms with Gasteiger partial charge in [0.1, 0.15) is 12.4 Å². The molecule has 0 saturated carbocycles. The van der Waals surface area contributed by atoms with Crippen LogP contribution in [0.2, 0.25) is 0 Å². The Morgan fingerprint density at radius 2 is 1.60 bits per heavy atom. The maximum atomic E-state index is 5.82. The van der Waals surface area contributed by atoms with Crippen LogP contribution in [0.4, 0.5) is 0 Å². The van der Waals surface area contributed by atoms with Crippen LogP contribution in [-0.2, 0) is 6.61 Å². The van der Waals surface area contributed by atoms with E-state index < -0.39 is 0 Å². The fourth-order valence-corrected chi connectivity index (χ4v) is 2.14. The molecule has 1 nitrogen and oxygen atoms in total. The predicted octanol–water partition coefficient (Wildman–Crippen LogP) is 4.40. The van der Waals surface area contributed by atoms with E-state index in [0.29, 0.717) is 6.61 Å². The Balaban J connectivity index is 1.81. The molecule has 0 amide bonds. The van der Waals surface area contributed by atoms with Crippen LogP contribution in [0.3, 0.4) is 0 Å². The zero-order chi connectivity index (χ0) is 13.8. The molecule has 0 radical (unpaired) electrons. The standard InChI is InChI=1S/C19H14O/c1-2-15-8-9-18-13-19(11-10-17(18)12-15)20-14-16-6-4-3-5-7-16/h1,3-13H,14H2. The van der Waals surface area contributed by atoms with Gasteiger partial charge in [-0.05, 0) is 40.6 Å². The van der Waals surface area contributed by atoms with Crippen molar-refractivity contribution in [2.45, 2.75) is 6.61 Å². The van der Waals surface area contributed by atoms with Crippen LogP contribution in [0.5, 0.6) is 5.75 Å². The van der Waals surface area contributed by atoms with Crippen LogP contribution in [0.1, 0.15) is 11.1 Å². The van der Waals surface area contributed by atoms with Gasteiger partial charge in [-0.1, -0.05) is 48.4 Å². The van der Waals surface area contributed by atoms with Gasteiger partial charge in [-0.3, -0.25) is 0 Å². The summed E-state index contributed by atoms with van der Waals surface area (Å²) in [6, 6.07) is 22.2. The molecule has 0 aromatic heterocycles. The molecule has 3 aromatic carbocycles. The topological polar surface area (TPSA) is 9.23 Å². The smallest absolute Gasteiger partial charge is 0.120 e. The van der Waals surface area contributed by atoms with E-state index in [9.17, 15) is 0 Å².